The van der Waals surface area contributed by atoms with Gasteiger partial charge in [0.1, 0.15) is 0 Å². The molecule has 1 aliphatic rings. The van der Waals surface area contributed by atoms with Crippen LogP contribution in [0.5, 0.6) is 0 Å². The molecule has 0 bridgehead atoms. The molecule has 1 rings (SSSR count). The molecule has 98 valence electrons. The minimum absolute atomic E-state index is 0.551. The van der Waals surface area contributed by atoms with Gasteiger partial charge >= 0.3 is 0 Å². The molecule has 1 fully saturated rings. The Morgan fingerprint density at radius 2 is 2.06 bits per heavy atom. The van der Waals surface area contributed by atoms with Crippen molar-refractivity contribution < 1.29 is 0 Å². The molecule has 0 amide bonds. The van der Waals surface area contributed by atoms with E-state index in [9.17, 15) is 0 Å². The predicted octanol–water partition coefficient (Wildman–Crippen LogP) is 3.56. The molecular weight excluding hydrogens is 222 g/mol. The Kier molecular flexibility index (Phi) is 5.56. The lowest BCUT2D eigenvalue weighted by atomic mass is 10.1. The molecule has 0 aromatic heterocycles. The van der Waals surface area contributed by atoms with Gasteiger partial charge in [0, 0.05) is 17.1 Å². The molecule has 18 heavy (non-hydrogen) atoms. The number of hydrogen-bond acceptors (Lipinski definition) is 3. The average Bonchev–Trinajstić information content (AvgIpc) is 2.24. The second kappa shape index (κ2) is 6.94. The molecular formula is C15H23N3. The van der Waals surface area contributed by atoms with Gasteiger partial charge in [-0.1, -0.05) is 19.1 Å². The summed E-state index contributed by atoms with van der Waals surface area (Å²) in [7, 11) is 0. The van der Waals surface area contributed by atoms with E-state index in [0.29, 0.717) is 5.71 Å². The molecule has 0 aromatic carbocycles. The van der Waals surface area contributed by atoms with Crippen LogP contribution in [-0.2, 0) is 0 Å². The van der Waals surface area contributed by atoms with Gasteiger partial charge in [0.15, 0.2) is 0 Å². The topological polar surface area (TPSA) is 39.5 Å². The molecule has 0 unspecified atom stereocenters. The van der Waals surface area contributed by atoms with Crippen molar-refractivity contribution in [3.8, 4) is 0 Å². The fourth-order valence-electron chi connectivity index (χ4n) is 1.92. The van der Waals surface area contributed by atoms with Crippen LogP contribution in [0.25, 0.3) is 0 Å². The maximum atomic E-state index is 7.38. The van der Waals surface area contributed by atoms with E-state index in [-0.39, 0.29) is 0 Å². The normalized spacial score (nSPS) is 17.1. The zero-order valence-electron chi connectivity index (χ0n) is 11.8. The van der Waals surface area contributed by atoms with Crippen LogP contribution >= 0.6 is 0 Å². The Bertz CT molecular complexity index is 417. The fraction of sp³-hybridized carbons (Fsp3) is 0.467. The van der Waals surface area contributed by atoms with Gasteiger partial charge in [0.25, 0.3) is 0 Å². The Hall–Kier alpha value is -1.64. The van der Waals surface area contributed by atoms with Crippen LogP contribution in [0, 0.1) is 5.41 Å². The minimum atomic E-state index is 0.551. The predicted molar refractivity (Wildman–Crippen MR) is 79.4 cm³/mol. The highest BCUT2D eigenvalue weighted by Crippen LogP contribution is 2.17. The third-order valence-electron chi connectivity index (χ3n) is 2.76. The van der Waals surface area contributed by atoms with Crippen LogP contribution in [-0.4, -0.2) is 29.4 Å². The number of hydrogen-bond donors (Lipinski definition) is 1. The Morgan fingerprint density at radius 1 is 1.39 bits per heavy atom. The van der Waals surface area contributed by atoms with E-state index in [1.54, 1.807) is 13.0 Å². The molecule has 1 heterocycles. The van der Waals surface area contributed by atoms with Gasteiger partial charge in [-0.05, 0) is 39.3 Å². The summed E-state index contributed by atoms with van der Waals surface area (Å²) in [6.45, 7) is 9.75. The molecule has 1 saturated heterocycles. The third-order valence-corrected chi connectivity index (χ3v) is 2.76. The first kappa shape index (κ1) is 14.4. The number of rotatable bonds is 5. The van der Waals surface area contributed by atoms with Gasteiger partial charge in [0.05, 0.1) is 18.8 Å². The van der Waals surface area contributed by atoms with E-state index >= 15 is 0 Å². The van der Waals surface area contributed by atoms with Gasteiger partial charge in [0.2, 0.25) is 0 Å². The van der Waals surface area contributed by atoms with Gasteiger partial charge < -0.3 is 10.3 Å². The number of nitrogens with one attached hydrogen (secondary N) is 1. The van der Waals surface area contributed by atoms with Crippen molar-refractivity contribution in [1.29, 1.82) is 5.41 Å². The van der Waals surface area contributed by atoms with Crippen LogP contribution in [0.1, 0.15) is 34.1 Å². The quantitative estimate of drug-likeness (QED) is 0.584. The van der Waals surface area contributed by atoms with E-state index in [1.165, 1.54) is 11.4 Å². The van der Waals surface area contributed by atoms with Crippen LogP contribution in [0.3, 0.4) is 0 Å². The SMILES string of the molecule is C/C=C\C=C(\CC)N1CC(=N/C(C)=C\C(C)=N)C1. The first-order chi connectivity index (χ1) is 8.56. The van der Waals surface area contributed by atoms with E-state index in [0.717, 1.165) is 25.2 Å². The lowest BCUT2D eigenvalue weighted by Crippen LogP contribution is -2.46. The smallest absolute Gasteiger partial charge is 0.0582 e. The highest BCUT2D eigenvalue weighted by atomic mass is 15.2. The third kappa shape index (κ3) is 4.32. The van der Waals surface area contributed by atoms with Crippen molar-refractivity contribution in [2.75, 3.05) is 13.1 Å². The van der Waals surface area contributed by atoms with Crippen LogP contribution in [0.4, 0.5) is 0 Å². The first-order valence-corrected chi connectivity index (χ1v) is 6.43. The highest BCUT2D eigenvalue weighted by Gasteiger charge is 2.22. The summed E-state index contributed by atoms with van der Waals surface area (Å²) in [6.07, 6.45) is 9.14. The Labute approximate surface area is 110 Å². The van der Waals surface area contributed by atoms with Gasteiger partial charge in [-0.15, -0.1) is 0 Å². The largest absolute Gasteiger partial charge is 0.364 e. The standard InChI is InChI=1S/C15H23N3/c1-5-7-8-15(6-2)18-10-14(11-18)17-13(4)9-12(3)16/h5,7-9,16H,6,10-11H2,1-4H3/b7-5-,13-9-,15-8-,16-12?. The van der Waals surface area contributed by atoms with Crippen molar-refractivity contribution in [1.82, 2.24) is 4.90 Å². The summed E-state index contributed by atoms with van der Waals surface area (Å²) in [5.74, 6) is 0. The van der Waals surface area contributed by atoms with Gasteiger partial charge in [-0.25, -0.2) is 0 Å². The summed E-state index contributed by atoms with van der Waals surface area (Å²) in [5.41, 5.74) is 4.03. The molecule has 0 aromatic rings. The molecule has 1 aliphatic heterocycles. The molecule has 3 heteroatoms. The average molecular weight is 245 g/mol. The zero-order valence-corrected chi connectivity index (χ0v) is 11.8. The number of aliphatic imine (C=N–C) groups is 1. The molecule has 1 N–H and O–H groups in total. The maximum Gasteiger partial charge on any atom is 0.0582 e. The Morgan fingerprint density at radius 3 is 2.56 bits per heavy atom. The minimum Gasteiger partial charge on any atom is -0.364 e. The van der Waals surface area contributed by atoms with E-state index in [4.69, 9.17) is 5.41 Å². The van der Waals surface area contributed by atoms with E-state index < -0.39 is 0 Å². The van der Waals surface area contributed by atoms with Crippen molar-refractivity contribution in [2.45, 2.75) is 34.1 Å². The zero-order chi connectivity index (χ0) is 13.5. The molecule has 3 nitrogen and oxygen atoms in total. The summed E-state index contributed by atoms with van der Waals surface area (Å²) < 4.78 is 0. The summed E-state index contributed by atoms with van der Waals surface area (Å²) in [6, 6.07) is 0. The van der Waals surface area contributed by atoms with Crippen LogP contribution in [0.15, 0.2) is 40.7 Å². The molecule has 0 aliphatic carbocycles. The monoisotopic (exact) mass is 245 g/mol. The lowest BCUT2D eigenvalue weighted by molar-refractivity contribution is 0.374. The summed E-state index contributed by atoms with van der Waals surface area (Å²) in [5, 5.41) is 7.38. The highest BCUT2D eigenvalue weighted by molar-refractivity contribution is 5.95. The second-order valence-corrected chi connectivity index (χ2v) is 4.54. The molecule has 0 saturated carbocycles. The molecule has 0 spiro atoms. The fourth-order valence-corrected chi connectivity index (χ4v) is 1.92. The first-order valence-electron chi connectivity index (χ1n) is 6.43. The number of likely N-dealkylation sites (tertiary alicyclic amines) is 1. The van der Waals surface area contributed by atoms with Crippen LogP contribution in [0.2, 0.25) is 0 Å². The van der Waals surface area contributed by atoms with Crippen molar-refractivity contribution in [3.05, 3.63) is 35.7 Å². The molecule has 0 atom stereocenters. The Balaban J connectivity index is 2.58. The van der Waals surface area contributed by atoms with Crippen LogP contribution < -0.4 is 0 Å². The van der Waals surface area contributed by atoms with Gasteiger partial charge in [-0.3, -0.25) is 4.99 Å². The molecule has 0 radical (unpaired) electrons. The summed E-state index contributed by atoms with van der Waals surface area (Å²) in [4.78, 5) is 6.86. The second-order valence-electron chi connectivity index (χ2n) is 4.54. The number of nitrogens with zero attached hydrogens (tertiary/aromatic N) is 2. The summed E-state index contributed by atoms with van der Waals surface area (Å²) >= 11 is 0. The van der Waals surface area contributed by atoms with E-state index in [1.807, 2.05) is 19.9 Å². The van der Waals surface area contributed by atoms with Crippen molar-refractivity contribution >= 4 is 11.4 Å². The van der Waals surface area contributed by atoms with E-state index in [2.05, 4.69) is 29.0 Å². The number of allylic oxidation sites excluding steroid dienone is 6. The van der Waals surface area contributed by atoms with Gasteiger partial charge in [-0.2, -0.15) is 0 Å². The maximum absolute atomic E-state index is 7.38. The van der Waals surface area contributed by atoms with Crippen molar-refractivity contribution in [3.63, 3.8) is 0 Å². The van der Waals surface area contributed by atoms with Crippen molar-refractivity contribution in [2.24, 2.45) is 4.99 Å². The lowest BCUT2D eigenvalue weighted by Gasteiger charge is -2.36.